The molecule has 0 aromatic carbocycles. The summed E-state index contributed by atoms with van der Waals surface area (Å²) in [4.78, 5) is 11.8. The van der Waals surface area contributed by atoms with Gasteiger partial charge in [0.2, 0.25) is 0 Å². The summed E-state index contributed by atoms with van der Waals surface area (Å²) in [6.07, 6.45) is 0.557. The van der Waals surface area contributed by atoms with E-state index in [0.29, 0.717) is 5.92 Å². The van der Waals surface area contributed by atoms with Gasteiger partial charge in [-0.3, -0.25) is 0 Å². The van der Waals surface area contributed by atoms with Gasteiger partial charge >= 0.3 is 6.09 Å². The van der Waals surface area contributed by atoms with E-state index < -0.39 is 5.60 Å². The summed E-state index contributed by atoms with van der Waals surface area (Å²) < 4.78 is 10.7. The van der Waals surface area contributed by atoms with Crippen LogP contribution in [0.5, 0.6) is 0 Å². The van der Waals surface area contributed by atoms with Gasteiger partial charge in [0.15, 0.2) is 0 Å². The number of rotatable bonds is 8. The van der Waals surface area contributed by atoms with Crippen LogP contribution >= 0.6 is 0 Å². The van der Waals surface area contributed by atoms with Gasteiger partial charge in [0.05, 0.1) is 5.60 Å². The molecular formula is C16H34N2O3. The second-order valence-electron chi connectivity index (χ2n) is 7.41. The summed E-state index contributed by atoms with van der Waals surface area (Å²) in [5.41, 5.74) is -0.597. The molecule has 0 saturated heterocycles. The van der Waals surface area contributed by atoms with E-state index in [2.05, 4.69) is 38.3 Å². The lowest BCUT2D eigenvalue weighted by molar-refractivity contribution is 0.0156. The van der Waals surface area contributed by atoms with E-state index in [9.17, 15) is 4.79 Å². The number of carbonyl (C=O) groups excluding carboxylic acids is 1. The van der Waals surface area contributed by atoms with Crippen molar-refractivity contribution in [3.63, 3.8) is 0 Å². The molecule has 0 aliphatic carbocycles. The van der Waals surface area contributed by atoms with Crippen molar-refractivity contribution in [3.05, 3.63) is 0 Å². The minimum Gasteiger partial charge on any atom is -0.444 e. The SMILES string of the molecule is COC(C)(C)CCNCC(NC(=O)OC(C)(C)C)C(C)C. The summed E-state index contributed by atoms with van der Waals surface area (Å²) >= 11 is 0. The minimum absolute atomic E-state index is 0.0468. The number of amides is 1. The Morgan fingerprint density at radius 2 is 1.71 bits per heavy atom. The van der Waals surface area contributed by atoms with Crippen molar-refractivity contribution in [2.75, 3.05) is 20.2 Å². The molecule has 0 aromatic rings. The molecule has 1 atom stereocenters. The van der Waals surface area contributed by atoms with Crippen molar-refractivity contribution in [1.29, 1.82) is 0 Å². The number of methoxy groups -OCH3 is 1. The van der Waals surface area contributed by atoms with Gasteiger partial charge in [0.25, 0.3) is 0 Å². The highest BCUT2D eigenvalue weighted by atomic mass is 16.6. The second kappa shape index (κ2) is 8.59. The second-order valence-corrected chi connectivity index (χ2v) is 7.41. The average molecular weight is 302 g/mol. The standard InChI is InChI=1S/C16H34N2O3/c1-12(2)13(18-14(19)21-15(3,4)5)11-17-10-9-16(6,7)20-8/h12-13,17H,9-11H2,1-8H3,(H,18,19). The average Bonchev–Trinajstić information content (AvgIpc) is 2.30. The third-order valence-corrected chi connectivity index (χ3v) is 3.33. The lowest BCUT2D eigenvalue weighted by Crippen LogP contribution is -2.47. The predicted octanol–water partition coefficient (Wildman–Crippen LogP) is 2.94. The molecule has 0 bridgehead atoms. The van der Waals surface area contributed by atoms with Crippen LogP contribution in [0.1, 0.15) is 54.9 Å². The van der Waals surface area contributed by atoms with Gasteiger partial charge in [-0.2, -0.15) is 0 Å². The number of hydrogen-bond donors (Lipinski definition) is 2. The number of alkyl carbamates (subject to hydrolysis) is 1. The van der Waals surface area contributed by atoms with Crippen LogP contribution in [-0.4, -0.2) is 43.5 Å². The Hall–Kier alpha value is -0.810. The van der Waals surface area contributed by atoms with E-state index >= 15 is 0 Å². The zero-order valence-electron chi connectivity index (χ0n) is 15.0. The van der Waals surface area contributed by atoms with E-state index in [4.69, 9.17) is 9.47 Å². The third kappa shape index (κ3) is 10.5. The van der Waals surface area contributed by atoms with Gasteiger partial charge in [0.1, 0.15) is 5.60 Å². The molecule has 0 radical (unpaired) electrons. The Kier molecular flexibility index (Phi) is 8.26. The molecule has 126 valence electrons. The van der Waals surface area contributed by atoms with Crippen molar-refractivity contribution >= 4 is 6.09 Å². The first-order valence-corrected chi connectivity index (χ1v) is 7.72. The fraction of sp³-hybridized carbons (Fsp3) is 0.938. The molecule has 1 amide bonds. The van der Waals surface area contributed by atoms with E-state index in [1.165, 1.54) is 0 Å². The maximum atomic E-state index is 11.8. The van der Waals surface area contributed by atoms with Crippen LogP contribution in [0, 0.1) is 5.92 Å². The highest BCUT2D eigenvalue weighted by Gasteiger charge is 2.21. The van der Waals surface area contributed by atoms with Crippen LogP contribution in [-0.2, 0) is 9.47 Å². The first-order chi connectivity index (χ1) is 9.47. The normalized spacial score (nSPS) is 14.1. The molecule has 0 heterocycles. The van der Waals surface area contributed by atoms with Crippen LogP contribution < -0.4 is 10.6 Å². The largest absolute Gasteiger partial charge is 0.444 e. The summed E-state index contributed by atoms with van der Waals surface area (Å²) in [6.45, 7) is 15.5. The molecule has 0 aliphatic rings. The van der Waals surface area contributed by atoms with Gasteiger partial charge in [-0.15, -0.1) is 0 Å². The molecule has 5 nitrogen and oxygen atoms in total. The van der Waals surface area contributed by atoms with Crippen molar-refractivity contribution in [1.82, 2.24) is 10.6 Å². The van der Waals surface area contributed by atoms with Gasteiger partial charge in [0, 0.05) is 19.7 Å². The van der Waals surface area contributed by atoms with Crippen molar-refractivity contribution < 1.29 is 14.3 Å². The first kappa shape index (κ1) is 20.2. The highest BCUT2D eigenvalue weighted by molar-refractivity contribution is 5.68. The number of carbonyl (C=O) groups is 1. The van der Waals surface area contributed by atoms with Gasteiger partial charge in [-0.05, 0) is 53.5 Å². The van der Waals surface area contributed by atoms with Crippen LogP contribution in [0.15, 0.2) is 0 Å². The molecule has 5 heteroatoms. The van der Waals surface area contributed by atoms with Crippen LogP contribution in [0.3, 0.4) is 0 Å². The lowest BCUT2D eigenvalue weighted by Gasteiger charge is -2.27. The van der Waals surface area contributed by atoms with Crippen LogP contribution in [0.25, 0.3) is 0 Å². The lowest BCUT2D eigenvalue weighted by atomic mass is 10.0. The summed E-state index contributed by atoms with van der Waals surface area (Å²) in [6, 6.07) is 0.0468. The zero-order valence-corrected chi connectivity index (χ0v) is 15.0. The van der Waals surface area contributed by atoms with Crippen LogP contribution in [0.2, 0.25) is 0 Å². The Labute approximate surface area is 130 Å². The highest BCUT2D eigenvalue weighted by Crippen LogP contribution is 2.12. The monoisotopic (exact) mass is 302 g/mol. The molecule has 0 aliphatic heterocycles. The first-order valence-electron chi connectivity index (χ1n) is 7.72. The van der Waals surface area contributed by atoms with E-state index in [1.807, 2.05) is 20.8 Å². The van der Waals surface area contributed by atoms with Crippen LogP contribution in [0.4, 0.5) is 4.79 Å². The molecule has 0 rings (SSSR count). The Morgan fingerprint density at radius 3 is 2.14 bits per heavy atom. The van der Waals surface area contributed by atoms with Gasteiger partial charge in [-0.1, -0.05) is 13.8 Å². The molecule has 2 N–H and O–H groups in total. The molecular weight excluding hydrogens is 268 g/mol. The summed E-state index contributed by atoms with van der Waals surface area (Å²) in [7, 11) is 1.72. The fourth-order valence-corrected chi connectivity index (χ4v) is 1.66. The van der Waals surface area contributed by atoms with E-state index in [1.54, 1.807) is 7.11 Å². The topological polar surface area (TPSA) is 59.6 Å². The molecule has 0 saturated carbocycles. The molecule has 0 fully saturated rings. The number of hydrogen-bond acceptors (Lipinski definition) is 4. The smallest absolute Gasteiger partial charge is 0.407 e. The quantitative estimate of drug-likeness (QED) is 0.677. The summed E-state index contributed by atoms with van der Waals surface area (Å²) in [5.74, 6) is 0.334. The molecule has 0 spiro atoms. The Morgan fingerprint density at radius 1 is 1.14 bits per heavy atom. The van der Waals surface area contributed by atoms with Gasteiger partial charge in [-0.25, -0.2) is 4.79 Å². The maximum Gasteiger partial charge on any atom is 0.407 e. The molecule has 0 aromatic heterocycles. The Balaban J connectivity index is 4.18. The number of ether oxygens (including phenoxy) is 2. The maximum absolute atomic E-state index is 11.8. The van der Waals surface area contributed by atoms with E-state index in [-0.39, 0.29) is 17.7 Å². The summed E-state index contributed by atoms with van der Waals surface area (Å²) in [5, 5.41) is 6.30. The molecule has 1 unspecified atom stereocenters. The third-order valence-electron chi connectivity index (χ3n) is 3.33. The zero-order chi connectivity index (χ0) is 16.7. The minimum atomic E-state index is -0.471. The van der Waals surface area contributed by atoms with Crippen molar-refractivity contribution in [2.24, 2.45) is 5.92 Å². The Bertz CT molecular complexity index is 309. The molecule has 21 heavy (non-hydrogen) atoms. The van der Waals surface area contributed by atoms with Gasteiger partial charge < -0.3 is 20.1 Å². The predicted molar refractivity (Wildman–Crippen MR) is 86.6 cm³/mol. The van der Waals surface area contributed by atoms with Crippen molar-refractivity contribution in [3.8, 4) is 0 Å². The van der Waals surface area contributed by atoms with Crippen molar-refractivity contribution in [2.45, 2.75) is 72.1 Å². The fourth-order valence-electron chi connectivity index (χ4n) is 1.66. The number of nitrogens with one attached hydrogen (secondary N) is 2. The van der Waals surface area contributed by atoms with E-state index in [0.717, 1.165) is 19.5 Å².